The lowest BCUT2D eigenvalue weighted by molar-refractivity contribution is -0.356. The molecule has 0 aliphatic heterocycles. The number of carbonyl (C=O) groups is 2. The monoisotopic (exact) mass is 464 g/mol. The van der Waals surface area contributed by atoms with Crippen molar-refractivity contribution in [3.8, 4) is 0 Å². The minimum Gasteiger partial charge on any atom is -0.461 e. The van der Waals surface area contributed by atoms with Crippen LogP contribution in [0.4, 0.5) is 30.7 Å². The summed E-state index contributed by atoms with van der Waals surface area (Å²) in [5.74, 6) is -14.6. The van der Waals surface area contributed by atoms with Crippen LogP contribution in [0.2, 0.25) is 0 Å². The summed E-state index contributed by atoms with van der Waals surface area (Å²) in [7, 11) is -6.66. The molecule has 0 aromatic rings. The Kier molecular flexibility index (Phi) is 8.63. The molecule has 0 rings (SSSR count). The molecule has 0 aromatic carbocycles. The van der Waals surface area contributed by atoms with Crippen molar-refractivity contribution in [2.24, 2.45) is 0 Å². The fraction of sp³-hybridized carbons (Fsp3) is 0.692. The molecule has 0 aliphatic carbocycles. The lowest BCUT2D eigenvalue weighted by atomic mass is 10.2. The van der Waals surface area contributed by atoms with Crippen LogP contribution in [0.5, 0.6) is 0 Å². The smallest absolute Gasteiger partial charge is 0.461 e. The van der Waals surface area contributed by atoms with Crippen LogP contribution >= 0.6 is 0 Å². The third-order valence-electron chi connectivity index (χ3n) is 2.96. The van der Waals surface area contributed by atoms with Gasteiger partial charge in [0, 0.05) is 12.5 Å². The Hall–Kier alpha value is -1.94. The molecule has 0 heterocycles. The predicted octanol–water partition coefficient (Wildman–Crippen LogP) is 2.45. The first kappa shape index (κ1) is 27.1. The van der Waals surface area contributed by atoms with Crippen molar-refractivity contribution in [1.82, 2.24) is 0 Å². The van der Waals surface area contributed by atoms with Gasteiger partial charge in [0.1, 0.15) is 0 Å². The summed E-state index contributed by atoms with van der Waals surface area (Å²) in [5, 5.41) is -6.09. The maximum Gasteiger partial charge on any atom is 0.468 e. The molecule has 0 amide bonds. The highest BCUT2D eigenvalue weighted by Crippen LogP contribution is 2.42. The van der Waals surface area contributed by atoms with Crippen molar-refractivity contribution in [3.63, 3.8) is 0 Å². The molecule has 0 spiro atoms. The lowest BCUT2D eigenvalue weighted by Crippen LogP contribution is -2.58. The highest BCUT2D eigenvalue weighted by molar-refractivity contribution is 7.87. The Labute approximate surface area is 159 Å². The largest absolute Gasteiger partial charge is 0.468 e. The third kappa shape index (κ3) is 6.02. The topological polar surface area (TPSA) is 116 Å². The van der Waals surface area contributed by atoms with Crippen molar-refractivity contribution < 1.29 is 67.5 Å². The van der Waals surface area contributed by atoms with E-state index in [-0.39, 0.29) is 12.5 Å². The van der Waals surface area contributed by atoms with Gasteiger partial charge in [-0.1, -0.05) is 13.5 Å². The first-order chi connectivity index (χ1) is 12.9. The SMILES string of the molecule is C=CC(=O)OC(OCCC(F)(F)C(F)(F)S(=O)(=O)O)(C(=O)OCCC)C(F)(F)F. The molecular formula is C13H15F7O8S. The fourth-order valence-corrected chi connectivity index (χ4v) is 2.00. The lowest BCUT2D eigenvalue weighted by Gasteiger charge is -2.32. The van der Waals surface area contributed by atoms with E-state index in [1.165, 1.54) is 6.92 Å². The van der Waals surface area contributed by atoms with Crippen molar-refractivity contribution in [1.29, 1.82) is 0 Å². The summed E-state index contributed by atoms with van der Waals surface area (Å²) in [4.78, 5) is 23.0. The molecule has 29 heavy (non-hydrogen) atoms. The number of ether oxygens (including phenoxy) is 3. The average Bonchev–Trinajstić information content (AvgIpc) is 2.55. The highest BCUT2D eigenvalue weighted by Gasteiger charge is 2.69. The van der Waals surface area contributed by atoms with E-state index in [0.717, 1.165) is 0 Å². The highest BCUT2D eigenvalue weighted by atomic mass is 32.2. The van der Waals surface area contributed by atoms with Crippen molar-refractivity contribution in [2.75, 3.05) is 13.2 Å². The zero-order valence-corrected chi connectivity index (χ0v) is 15.3. The number of alkyl halides is 7. The van der Waals surface area contributed by atoms with Crippen LogP contribution in [0.25, 0.3) is 0 Å². The van der Waals surface area contributed by atoms with Gasteiger partial charge in [-0.05, 0) is 6.42 Å². The van der Waals surface area contributed by atoms with E-state index in [4.69, 9.17) is 4.55 Å². The van der Waals surface area contributed by atoms with Crippen LogP contribution in [0.3, 0.4) is 0 Å². The molecule has 0 fully saturated rings. The second-order valence-corrected chi connectivity index (χ2v) is 6.63. The second kappa shape index (κ2) is 9.25. The summed E-state index contributed by atoms with van der Waals surface area (Å²) >= 11 is 0. The number of halogens is 7. The molecule has 0 aromatic heterocycles. The molecule has 0 radical (unpaired) electrons. The van der Waals surface area contributed by atoms with Crippen molar-refractivity contribution >= 4 is 22.1 Å². The summed E-state index contributed by atoms with van der Waals surface area (Å²) in [6, 6.07) is 0. The van der Waals surface area contributed by atoms with Crippen LogP contribution in [-0.4, -0.2) is 61.3 Å². The van der Waals surface area contributed by atoms with E-state index in [0.29, 0.717) is 0 Å². The number of esters is 2. The number of rotatable bonds is 11. The molecule has 1 N–H and O–H groups in total. The number of carbonyl (C=O) groups excluding carboxylic acids is 2. The Morgan fingerprint density at radius 3 is 1.97 bits per heavy atom. The van der Waals surface area contributed by atoms with Gasteiger partial charge >= 0.3 is 45.2 Å². The van der Waals surface area contributed by atoms with E-state index in [9.17, 15) is 48.7 Å². The van der Waals surface area contributed by atoms with E-state index < -0.39 is 64.8 Å². The Balaban J connectivity index is 5.86. The van der Waals surface area contributed by atoms with Gasteiger partial charge in [-0.2, -0.15) is 39.2 Å². The Morgan fingerprint density at radius 2 is 1.59 bits per heavy atom. The van der Waals surface area contributed by atoms with E-state index in [2.05, 4.69) is 20.8 Å². The number of hydrogen-bond acceptors (Lipinski definition) is 7. The van der Waals surface area contributed by atoms with Gasteiger partial charge in [0.05, 0.1) is 13.2 Å². The van der Waals surface area contributed by atoms with Gasteiger partial charge in [-0.3, -0.25) is 4.55 Å². The molecule has 170 valence electrons. The summed E-state index contributed by atoms with van der Waals surface area (Å²) in [6.45, 7) is 1.39. The quantitative estimate of drug-likeness (QED) is 0.163. The first-order valence-electron chi connectivity index (χ1n) is 7.35. The van der Waals surface area contributed by atoms with Crippen molar-refractivity contribution in [3.05, 3.63) is 12.7 Å². The van der Waals surface area contributed by atoms with Gasteiger partial charge in [-0.25, -0.2) is 9.59 Å². The Bertz CT molecular complexity index is 719. The first-order valence-corrected chi connectivity index (χ1v) is 8.79. The molecule has 1 unspecified atom stereocenters. The zero-order valence-electron chi connectivity index (χ0n) is 14.5. The predicted molar refractivity (Wildman–Crippen MR) is 78.3 cm³/mol. The fourth-order valence-electron chi connectivity index (χ4n) is 1.52. The van der Waals surface area contributed by atoms with Crippen LogP contribution < -0.4 is 0 Å². The van der Waals surface area contributed by atoms with Gasteiger partial charge in [0.15, 0.2) is 0 Å². The standard InChI is InChI=1S/C13H15F7O8S/c1-3-6-26-9(22)11(12(16,17)18,28-8(21)4-2)27-7-5-10(14,15)13(19,20)29(23,24)25/h4H,2-3,5-7H2,1H3,(H,23,24,25). The molecule has 0 saturated carbocycles. The minimum absolute atomic E-state index is 0.0201. The normalized spacial score (nSPS) is 15.3. The number of hydrogen-bond donors (Lipinski definition) is 1. The van der Waals surface area contributed by atoms with Crippen LogP contribution in [0.15, 0.2) is 12.7 Å². The van der Waals surface area contributed by atoms with E-state index in [1.54, 1.807) is 0 Å². The summed E-state index contributed by atoms with van der Waals surface area (Å²) < 4.78 is 134. The van der Waals surface area contributed by atoms with Crippen LogP contribution in [0, 0.1) is 0 Å². The second-order valence-electron chi connectivity index (χ2n) is 5.17. The van der Waals surface area contributed by atoms with Gasteiger partial charge in [0.2, 0.25) is 0 Å². The zero-order chi connectivity index (χ0) is 23.3. The maximum absolute atomic E-state index is 13.4. The Morgan fingerprint density at radius 1 is 1.07 bits per heavy atom. The van der Waals surface area contributed by atoms with Crippen LogP contribution in [0.1, 0.15) is 19.8 Å². The summed E-state index contributed by atoms with van der Waals surface area (Å²) in [6.07, 6.45) is -8.24. The molecule has 16 heteroatoms. The molecule has 8 nitrogen and oxygen atoms in total. The van der Waals surface area contributed by atoms with Crippen LogP contribution in [-0.2, 0) is 33.9 Å². The van der Waals surface area contributed by atoms with Gasteiger partial charge in [0.25, 0.3) is 0 Å². The van der Waals surface area contributed by atoms with E-state index >= 15 is 0 Å². The van der Waals surface area contributed by atoms with Crippen molar-refractivity contribution in [2.45, 2.75) is 42.9 Å². The molecular weight excluding hydrogens is 449 g/mol. The molecule has 1 atom stereocenters. The van der Waals surface area contributed by atoms with Gasteiger partial charge < -0.3 is 14.2 Å². The minimum atomic E-state index is -6.66. The maximum atomic E-state index is 13.4. The molecule has 0 bridgehead atoms. The summed E-state index contributed by atoms with van der Waals surface area (Å²) in [5.41, 5.74) is 0. The van der Waals surface area contributed by atoms with E-state index in [1.807, 2.05) is 0 Å². The third-order valence-corrected chi connectivity index (χ3v) is 3.91. The molecule has 0 aliphatic rings. The van der Waals surface area contributed by atoms with Gasteiger partial charge in [-0.15, -0.1) is 0 Å². The molecule has 0 saturated heterocycles. The average molecular weight is 464 g/mol.